The van der Waals surface area contributed by atoms with Crippen LogP contribution in [0.15, 0.2) is 0 Å². The predicted molar refractivity (Wildman–Crippen MR) is 41.9 cm³/mol. The molecule has 5 nitrogen and oxygen atoms in total. The first-order valence-corrected chi connectivity index (χ1v) is 4.13. The zero-order chi connectivity index (χ0) is 8.36. The molecule has 0 rings (SSSR count). The fraction of sp³-hybridized carbons (Fsp3) is 1.00. The average Bonchev–Trinajstić information content (AvgIpc) is 1.60. The molecule has 0 aliphatic rings. The minimum absolute atomic E-state index is 0. The molecule has 0 aromatic heterocycles. The molecule has 0 spiro atoms. The summed E-state index contributed by atoms with van der Waals surface area (Å²) >= 11 is 0. The number of rotatable bonds is 3. The second kappa shape index (κ2) is 5.47. The smallest absolute Gasteiger partial charge is 0.293 e. The Hall–Kier alpha value is 0.830. The number of likely N-dealkylation sites (N-methyl/N-ethyl adjacent to an activating group) is 1. The Balaban J connectivity index is 0. The first-order chi connectivity index (χ1) is 4.34. The van der Waals surface area contributed by atoms with Crippen LogP contribution >= 0.6 is 0 Å². The Morgan fingerprint density at radius 2 is 1.82 bits per heavy atom. The summed E-state index contributed by atoms with van der Waals surface area (Å²) in [6, 6.07) is 0. The van der Waals surface area contributed by atoms with Gasteiger partial charge in [-0.2, -0.15) is 8.42 Å². The Morgan fingerprint density at radius 1 is 1.45 bits per heavy atom. The van der Waals surface area contributed by atoms with Gasteiger partial charge < -0.3 is 10.0 Å². The third-order valence-electron chi connectivity index (χ3n) is 0.865. The molecule has 0 amide bonds. The third-order valence-corrected chi connectivity index (χ3v) is 1.70. The molecular formula is C4H11NNaO4S. The van der Waals surface area contributed by atoms with Crippen LogP contribution in [0.4, 0.5) is 0 Å². The van der Waals surface area contributed by atoms with E-state index in [0.717, 1.165) is 0 Å². The normalized spacial score (nSPS) is 14.3. The van der Waals surface area contributed by atoms with Crippen molar-refractivity contribution in [3.63, 3.8) is 0 Å². The topological polar surface area (TPSA) is 77.8 Å². The van der Waals surface area contributed by atoms with Crippen molar-refractivity contribution in [2.24, 2.45) is 0 Å². The van der Waals surface area contributed by atoms with Gasteiger partial charge in [0.25, 0.3) is 10.1 Å². The van der Waals surface area contributed by atoms with E-state index in [0.29, 0.717) is 0 Å². The van der Waals surface area contributed by atoms with Gasteiger partial charge in [-0.05, 0) is 14.1 Å². The molecule has 0 aromatic carbocycles. The molecule has 1 unspecified atom stereocenters. The van der Waals surface area contributed by atoms with Gasteiger partial charge in [0, 0.05) is 36.1 Å². The maximum absolute atomic E-state index is 10.1. The van der Waals surface area contributed by atoms with Gasteiger partial charge in [0.1, 0.15) is 0 Å². The van der Waals surface area contributed by atoms with E-state index in [1.54, 1.807) is 14.1 Å². The first kappa shape index (κ1) is 14.4. The fourth-order valence-corrected chi connectivity index (χ4v) is 0.893. The third kappa shape index (κ3) is 7.20. The molecule has 0 aliphatic heterocycles. The standard InChI is InChI=1S/C4H11NO4S.Na/c1-5(2)3-4(6)10(7,8)9;/h4,6H,3H2,1-2H3,(H,7,8,9);. The number of aliphatic hydroxyl groups excluding tert-OH is 1. The summed E-state index contributed by atoms with van der Waals surface area (Å²) < 4.78 is 28.5. The molecule has 0 fully saturated rings. The van der Waals surface area contributed by atoms with E-state index in [1.807, 2.05) is 0 Å². The van der Waals surface area contributed by atoms with Gasteiger partial charge in [-0.1, -0.05) is 0 Å². The molecule has 1 radical (unpaired) electrons. The van der Waals surface area contributed by atoms with Crippen molar-refractivity contribution in [2.75, 3.05) is 20.6 Å². The van der Waals surface area contributed by atoms with Crippen molar-refractivity contribution < 1.29 is 18.1 Å². The summed E-state index contributed by atoms with van der Waals surface area (Å²) in [7, 11) is -1.10. The predicted octanol–water partition coefficient (Wildman–Crippen LogP) is -1.63. The van der Waals surface area contributed by atoms with Crippen LogP contribution in [-0.2, 0) is 10.1 Å². The second-order valence-corrected chi connectivity index (χ2v) is 3.81. The number of aliphatic hydroxyl groups is 1. The minimum atomic E-state index is -4.28. The van der Waals surface area contributed by atoms with Crippen molar-refractivity contribution in [1.82, 2.24) is 4.90 Å². The van der Waals surface area contributed by atoms with Crippen molar-refractivity contribution in [3.8, 4) is 0 Å². The molecule has 7 heteroatoms. The molecule has 0 heterocycles. The Bertz CT molecular complexity index is 190. The van der Waals surface area contributed by atoms with E-state index in [9.17, 15) is 8.42 Å². The molecule has 1 atom stereocenters. The summed E-state index contributed by atoms with van der Waals surface area (Å²) in [5.74, 6) is 0. The Labute approximate surface area is 88.4 Å². The summed E-state index contributed by atoms with van der Waals surface area (Å²) in [6.45, 7) is -0.0984. The van der Waals surface area contributed by atoms with Crippen LogP contribution in [-0.4, -0.2) is 78.6 Å². The molecule has 0 saturated heterocycles. The molecule has 11 heavy (non-hydrogen) atoms. The number of nitrogens with zero attached hydrogens (tertiary/aromatic N) is 1. The number of hydrogen-bond donors (Lipinski definition) is 2. The van der Waals surface area contributed by atoms with Crippen LogP contribution in [0, 0.1) is 0 Å². The van der Waals surface area contributed by atoms with Crippen LogP contribution in [0.2, 0.25) is 0 Å². The molecule has 2 N–H and O–H groups in total. The van der Waals surface area contributed by atoms with Crippen molar-refractivity contribution in [2.45, 2.75) is 5.44 Å². The van der Waals surface area contributed by atoms with E-state index in [-0.39, 0.29) is 36.1 Å². The van der Waals surface area contributed by atoms with Crippen LogP contribution < -0.4 is 0 Å². The summed E-state index contributed by atoms with van der Waals surface area (Å²) in [5, 5.41) is 8.68. The van der Waals surface area contributed by atoms with Crippen molar-refractivity contribution >= 4 is 39.7 Å². The number of hydrogen-bond acceptors (Lipinski definition) is 4. The van der Waals surface area contributed by atoms with Crippen LogP contribution in [0.25, 0.3) is 0 Å². The van der Waals surface area contributed by atoms with Crippen LogP contribution in [0.5, 0.6) is 0 Å². The first-order valence-electron chi connectivity index (χ1n) is 2.63. The average molecular weight is 192 g/mol. The fourth-order valence-electron chi connectivity index (χ4n) is 0.407. The zero-order valence-electron chi connectivity index (χ0n) is 6.85. The van der Waals surface area contributed by atoms with Gasteiger partial charge >= 0.3 is 0 Å². The van der Waals surface area contributed by atoms with Gasteiger partial charge in [-0.25, -0.2) is 0 Å². The SMILES string of the molecule is CN(C)CC(O)S(=O)(=O)O.[Na]. The van der Waals surface area contributed by atoms with Crippen molar-refractivity contribution in [1.29, 1.82) is 0 Å². The Kier molecular flexibility index (Phi) is 7.14. The van der Waals surface area contributed by atoms with Gasteiger partial charge in [0.2, 0.25) is 0 Å². The van der Waals surface area contributed by atoms with Crippen LogP contribution in [0.3, 0.4) is 0 Å². The van der Waals surface area contributed by atoms with Gasteiger partial charge in [-0.3, -0.25) is 4.55 Å². The van der Waals surface area contributed by atoms with Gasteiger partial charge in [-0.15, -0.1) is 0 Å². The van der Waals surface area contributed by atoms with Crippen LogP contribution in [0.1, 0.15) is 0 Å². The van der Waals surface area contributed by atoms with E-state index >= 15 is 0 Å². The molecule has 63 valence electrons. The quantitative estimate of drug-likeness (QED) is 0.415. The molecular weight excluding hydrogens is 181 g/mol. The van der Waals surface area contributed by atoms with Crippen molar-refractivity contribution in [3.05, 3.63) is 0 Å². The summed E-state index contributed by atoms with van der Waals surface area (Å²) in [4.78, 5) is 1.46. The molecule has 0 bridgehead atoms. The van der Waals surface area contributed by atoms with E-state index in [4.69, 9.17) is 9.66 Å². The minimum Gasteiger partial charge on any atom is -0.374 e. The zero-order valence-corrected chi connectivity index (χ0v) is 9.67. The molecule has 0 aliphatic carbocycles. The largest absolute Gasteiger partial charge is 0.374 e. The maximum Gasteiger partial charge on any atom is 0.293 e. The summed E-state index contributed by atoms with van der Waals surface area (Å²) in [6.07, 6.45) is 0. The summed E-state index contributed by atoms with van der Waals surface area (Å²) in [5.41, 5.74) is -1.71. The monoisotopic (exact) mass is 192 g/mol. The second-order valence-electron chi connectivity index (χ2n) is 2.23. The van der Waals surface area contributed by atoms with Gasteiger partial charge in [0.05, 0.1) is 0 Å². The maximum atomic E-state index is 10.1. The van der Waals surface area contributed by atoms with Gasteiger partial charge in [0.15, 0.2) is 5.44 Å². The van der Waals surface area contributed by atoms with E-state index in [1.165, 1.54) is 4.90 Å². The van der Waals surface area contributed by atoms with E-state index in [2.05, 4.69) is 0 Å². The molecule has 0 saturated carbocycles. The van der Waals surface area contributed by atoms with E-state index < -0.39 is 15.6 Å². The Morgan fingerprint density at radius 3 is 1.91 bits per heavy atom. The molecule has 0 aromatic rings.